The SMILES string of the molecule is CS(=O)(=O)N(Cc1ccc(N)cc1)Cc1cccc(Cl)c1. The van der Waals surface area contributed by atoms with Crippen LogP contribution in [0.1, 0.15) is 11.1 Å². The Hall–Kier alpha value is -1.56. The van der Waals surface area contributed by atoms with Crippen molar-refractivity contribution in [2.75, 3.05) is 12.0 Å². The number of halogens is 1. The summed E-state index contributed by atoms with van der Waals surface area (Å²) >= 11 is 5.94. The van der Waals surface area contributed by atoms with E-state index >= 15 is 0 Å². The average Bonchev–Trinajstić information content (AvgIpc) is 2.39. The maximum absolute atomic E-state index is 12.0. The number of nitrogen functional groups attached to an aromatic ring is 1. The van der Waals surface area contributed by atoms with Crippen LogP contribution in [-0.2, 0) is 23.1 Å². The van der Waals surface area contributed by atoms with Crippen molar-refractivity contribution in [3.63, 3.8) is 0 Å². The number of nitrogens with two attached hydrogens (primary N) is 1. The van der Waals surface area contributed by atoms with E-state index in [9.17, 15) is 8.42 Å². The van der Waals surface area contributed by atoms with Crippen LogP contribution in [0.4, 0.5) is 5.69 Å². The van der Waals surface area contributed by atoms with Crippen LogP contribution in [0.15, 0.2) is 48.5 Å². The molecule has 0 spiro atoms. The van der Waals surface area contributed by atoms with Gasteiger partial charge >= 0.3 is 0 Å². The smallest absolute Gasteiger partial charge is 0.211 e. The van der Waals surface area contributed by atoms with Gasteiger partial charge in [-0.3, -0.25) is 0 Å². The van der Waals surface area contributed by atoms with E-state index in [2.05, 4.69) is 0 Å². The highest BCUT2D eigenvalue weighted by Crippen LogP contribution is 2.17. The minimum atomic E-state index is -3.33. The first-order valence-electron chi connectivity index (χ1n) is 6.38. The first-order chi connectivity index (χ1) is 9.84. The molecule has 2 N–H and O–H groups in total. The Bertz CT molecular complexity index is 715. The molecule has 0 aliphatic carbocycles. The van der Waals surface area contributed by atoms with Gasteiger partial charge in [0.15, 0.2) is 0 Å². The molecule has 0 fully saturated rings. The van der Waals surface area contributed by atoms with Gasteiger partial charge in [-0.15, -0.1) is 0 Å². The summed E-state index contributed by atoms with van der Waals surface area (Å²) < 4.78 is 25.3. The summed E-state index contributed by atoms with van der Waals surface area (Å²) in [6.45, 7) is 0.579. The summed E-state index contributed by atoms with van der Waals surface area (Å²) in [4.78, 5) is 0. The molecule has 112 valence electrons. The summed E-state index contributed by atoms with van der Waals surface area (Å²) in [5.74, 6) is 0. The third kappa shape index (κ3) is 4.74. The topological polar surface area (TPSA) is 63.4 Å². The molecule has 0 heterocycles. The van der Waals surface area contributed by atoms with Gasteiger partial charge in [-0.25, -0.2) is 8.42 Å². The number of rotatable bonds is 5. The number of anilines is 1. The fourth-order valence-electron chi connectivity index (χ4n) is 1.96. The van der Waals surface area contributed by atoms with E-state index in [4.69, 9.17) is 17.3 Å². The number of sulfonamides is 1. The average molecular weight is 325 g/mol. The lowest BCUT2D eigenvalue weighted by Gasteiger charge is -2.20. The van der Waals surface area contributed by atoms with E-state index in [1.807, 2.05) is 18.2 Å². The lowest BCUT2D eigenvalue weighted by Crippen LogP contribution is -2.29. The predicted molar refractivity (Wildman–Crippen MR) is 86.4 cm³/mol. The highest BCUT2D eigenvalue weighted by molar-refractivity contribution is 7.88. The lowest BCUT2D eigenvalue weighted by molar-refractivity contribution is 0.405. The van der Waals surface area contributed by atoms with Gasteiger partial charge in [0.2, 0.25) is 10.0 Å². The Morgan fingerprint density at radius 3 is 2.24 bits per heavy atom. The maximum atomic E-state index is 12.0. The van der Waals surface area contributed by atoms with E-state index in [1.54, 1.807) is 30.3 Å². The third-order valence-electron chi connectivity index (χ3n) is 3.06. The Morgan fingerprint density at radius 1 is 1.05 bits per heavy atom. The fraction of sp³-hybridized carbons (Fsp3) is 0.200. The molecular formula is C15H17ClN2O2S. The Kier molecular flexibility index (Phi) is 4.88. The van der Waals surface area contributed by atoms with Crippen molar-refractivity contribution < 1.29 is 8.42 Å². The molecule has 6 heteroatoms. The summed E-state index contributed by atoms with van der Waals surface area (Å²) in [6, 6.07) is 14.4. The molecule has 4 nitrogen and oxygen atoms in total. The minimum Gasteiger partial charge on any atom is -0.399 e. The van der Waals surface area contributed by atoms with Gasteiger partial charge in [0.1, 0.15) is 0 Å². The molecule has 0 unspecified atom stereocenters. The van der Waals surface area contributed by atoms with Gasteiger partial charge in [0, 0.05) is 23.8 Å². The maximum Gasteiger partial charge on any atom is 0.211 e. The molecule has 0 saturated heterocycles. The summed E-state index contributed by atoms with van der Waals surface area (Å²) in [5, 5.41) is 0.591. The molecule has 0 saturated carbocycles. The zero-order valence-corrected chi connectivity index (χ0v) is 13.2. The Balaban J connectivity index is 2.21. The van der Waals surface area contributed by atoms with Crippen LogP contribution in [0, 0.1) is 0 Å². The molecule has 0 aromatic heterocycles. The highest BCUT2D eigenvalue weighted by Gasteiger charge is 2.17. The van der Waals surface area contributed by atoms with Crippen LogP contribution in [0.2, 0.25) is 5.02 Å². The van der Waals surface area contributed by atoms with E-state index in [-0.39, 0.29) is 6.54 Å². The molecule has 2 rings (SSSR count). The molecule has 0 bridgehead atoms. The second-order valence-electron chi connectivity index (χ2n) is 4.90. The highest BCUT2D eigenvalue weighted by atomic mass is 35.5. The lowest BCUT2D eigenvalue weighted by atomic mass is 10.2. The van der Waals surface area contributed by atoms with E-state index in [1.165, 1.54) is 10.6 Å². The molecule has 0 aliphatic rings. The quantitative estimate of drug-likeness (QED) is 0.860. The van der Waals surface area contributed by atoms with Crippen LogP contribution in [0.25, 0.3) is 0 Å². The van der Waals surface area contributed by atoms with Crippen molar-refractivity contribution in [3.05, 3.63) is 64.7 Å². The Morgan fingerprint density at radius 2 is 1.67 bits per heavy atom. The molecule has 21 heavy (non-hydrogen) atoms. The van der Waals surface area contributed by atoms with Gasteiger partial charge in [-0.05, 0) is 35.4 Å². The summed E-state index contributed by atoms with van der Waals surface area (Å²) in [6.07, 6.45) is 1.20. The van der Waals surface area contributed by atoms with E-state index < -0.39 is 10.0 Å². The van der Waals surface area contributed by atoms with Crippen molar-refractivity contribution in [2.24, 2.45) is 0 Å². The van der Waals surface area contributed by atoms with Crippen LogP contribution in [0.3, 0.4) is 0 Å². The normalized spacial score (nSPS) is 11.8. The molecule has 2 aromatic rings. The van der Waals surface area contributed by atoms with Gasteiger partial charge in [0.25, 0.3) is 0 Å². The van der Waals surface area contributed by atoms with Gasteiger partial charge in [-0.1, -0.05) is 35.9 Å². The standard InChI is InChI=1S/C15H17ClN2O2S/c1-21(19,20)18(10-12-5-7-15(17)8-6-12)11-13-3-2-4-14(16)9-13/h2-9H,10-11,17H2,1H3. The van der Waals surface area contributed by atoms with Gasteiger partial charge in [0.05, 0.1) is 6.26 Å². The zero-order valence-electron chi connectivity index (χ0n) is 11.7. The third-order valence-corrected chi connectivity index (χ3v) is 4.49. The zero-order chi connectivity index (χ0) is 15.5. The monoisotopic (exact) mass is 324 g/mol. The molecular weight excluding hydrogens is 308 g/mol. The van der Waals surface area contributed by atoms with Crippen molar-refractivity contribution in [1.82, 2.24) is 4.31 Å². The molecule has 0 radical (unpaired) electrons. The number of benzene rings is 2. The number of nitrogens with zero attached hydrogens (tertiary/aromatic N) is 1. The predicted octanol–water partition coefficient (Wildman–Crippen LogP) is 2.88. The van der Waals surface area contributed by atoms with Gasteiger partial charge < -0.3 is 5.73 Å². The molecule has 0 amide bonds. The summed E-state index contributed by atoms with van der Waals surface area (Å²) in [7, 11) is -3.33. The van der Waals surface area contributed by atoms with Gasteiger partial charge in [-0.2, -0.15) is 4.31 Å². The largest absolute Gasteiger partial charge is 0.399 e. The van der Waals surface area contributed by atoms with Crippen molar-refractivity contribution in [3.8, 4) is 0 Å². The van der Waals surface area contributed by atoms with Crippen LogP contribution in [-0.4, -0.2) is 19.0 Å². The molecule has 0 aliphatic heterocycles. The van der Waals surface area contributed by atoms with E-state index in [0.29, 0.717) is 17.3 Å². The summed E-state index contributed by atoms with van der Waals surface area (Å²) in [5.41, 5.74) is 8.03. The Labute approximate surface area is 130 Å². The number of hydrogen-bond donors (Lipinski definition) is 1. The van der Waals surface area contributed by atoms with Crippen LogP contribution >= 0.6 is 11.6 Å². The first-order valence-corrected chi connectivity index (χ1v) is 8.61. The first kappa shape index (κ1) is 15.8. The van der Waals surface area contributed by atoms with Crippen molar-refractivity contribution in [1.29, 1.82) is 0 Å². The molecule has 2 aromatic carbocycles. The number of hydrogen-bond acceptors (Lipinski definition) is 3. The minimum absolute atomic E-state index is 0.282. The fourth-order valence-corrected chi connectivity index (χ4v) is 2.94. The second kappa shape index (κ2) is 6.47. The molecule has 0 atom stereocenters. The second-order valence-corrected chi connectivity index (χ2v) is 7.32. The van der Waals surface area contributed by atoms with Crippen LogP contribution < -0.4 is 5.73 Å². The van der Waals surface area contributed by atoms with E-state index in [0.717, 1.165) is 11.1 Å². The van der Waals surface area contributed by atoms with Crippen molar-refractivity contribution in [2.45, 2.75) is 13.1 Å². The van der Waals surface area contributed by atoms with Crippen LogP contribution in [0.5, 0.6) is 0 Å². The van der Waals surface area contributed by atoms with Crippen molar-refractivity contribution >= 4 is 27.3 Å².